The third-order valence-corrected chi connectivity index (χ3v) is 4.70. The molecule has 24 heavy (non-hydrogen) atoms. The molecular formula is C22H18FN. The number of hydrogen-bond donors (Lipinski definition) is 0. The molecule has 1 nitrogen and oxygen atoms in total. The quantitative estimate of drug-likeness (QED) is 0.695. The zero-order valence-electron chi connectivity index (χ0n) is 13.5. The van der Waals surface area contributed by atoms with Crippen molar-refractivity contribution in [1.29, 1.82) is 0 Å². The summed E-state index contributed by atoms with van der Waals surface area (Å²) in [4.78, 5) is 2.18. The minimum absolute atomic E-state index is 0.0623. The van der Waals surface area contributed by atoms with Crippen LogP contribution in [0.25, 0.3) is 29.1 Å². The van der Waals surface area contributed by atoms with Gasteiger partial charge in [-0.15, -0.1) is 0 Å². The summed E-state index contributed by atoms with van der Waals surface area (Å²) in [6.07, 6.45) is 6.14. The summed E-state index contributed by atoms with van der Waals surface area (Å²) in [7, 11) is 2.06. The van der Waals surface area contributed by atoms with Crippen molar-refractivity contribution in [3.8, 4) is 0 Å². The number of rotatable bonds is 2. The number of hydrogen-bond acceptors (Lipinski definition) is 1. The molecule has 0 saturated heterocycles. The molecule has 1 aliphatic heterocycles. The molecule has 118 valence electrons. The van der Waals surface area contributed by atoms with Gasteiger partial charge in [-0.2, -0.15) is 0 Å². The van der Waals surface area contributed by atoms with Crippen molar-refractivity contribution >= 4 is 29.1 Å². The van der Waals surface area contributed by atoms with Gasteiger partial charge in [-0.05, 0) is 45.3 Å². The molecule has 4 rings (SSSR count). The third kappa shape index (κ3) is 2.31. The molecule has 3 aromatic rings. The lowest BCUT2D eigenvalue weighted by molar-refractivity contribution is 0.444. The van der Waals surface area contributed by atoms with Gasteiger partial charge in [-0.25, -0.2) is 4.39 Å². The number of nitrogens with zero attached hydrogens (tertiary/aromatic N) is 1. The Balaban J connectivity index is 1.95. The summed E-state index contributed by atoms with van der Waals surface area (Å²) < 4.78 is 13.5. The first-order valence-electron chi connectivity index (χ1n) is 8.02. The molecule has 0 fully saturated rings. The maximum Gasteiger partial charge on any atom is 0.123 e. The molecule has 0 radical (unpaired) electrons. The second-order valence-corrected chi connectivity index (χ2v) is 6.17. The van der Waals surface area contributed by atoms with E-state index in [1.165, 1.54) is 27.3 Å². The van der Waals surface area contributed by atoms with Crippen LogP contribution in [0.15, 0.2) is 61.2 Å². The molecule has 1 atom stereocenters. The molecule has 0 aromatic heterocycles. The highest BCUT2D eigenvalue weighted by atomic mass is 19.1. The average molecular weight is 315 g/mol. The van der Waals surface area contributed by atoms with E-state index in [2.05, 4.69) is 67.2 Å². The Morgan fingerprint density at radius 2 is 1.92 bits per heavy atom. The van der Waals surface area contributed by atoms with E-state index in [0.29, 0.717) is 0 Å². The first-order valence-corrected chi connectivity index (χ1v) is 8.02. The monoisotopic (exact) mass is 315 g/mol. The van der Waals surface area contributed by atoms with E-state index in [1.54, 1.807) is 12.1 Å². The van der Waals surface area contributed by atoms with E-state index in [1.807, 2.05) is 6.07 Å². The zero-order valence-corrected chi connectivity index (χ0v) is 13.5. The van der Waals surface area contributed by atoms with Gasteiger partial charge in [0.25, 0.3) is 0 Å². The van der Waals surface area contributed by atoms with Crippen LogP contribution in [0.2, 0.25) is 0 Å². The minimum Gasteiger partial charge on any atom is -0.369 e. The van der Waals surface area contributed by atoms with Gasteiger partial charge < -0.3 is 4.90 Å². The van der Waals surface area contributed by atoms with Gasteiger partial charge in [-0.1, -0.05) is 55.1 Å². The summed E-state index contributed by atoms with van der Waals surface area (Å²) >= 11 is 0. The summed E-state index contributed by atoms with van der Waals surface area (Å²) in [5, 5.41) is 4.92. The van der Waals surface area contributed by atoms with Crippen LogP contribution in [0.5, 0.6) is 0 Å². The molecule has 0 N–H and O–H groups in total. The van der Waals surface area contributed by atoms with Gasteiger partial charge in [-0.3, -0.25) is 0 Å². The summed E-state index contributed by atoms with van der Waals surface area (Å²) in [5.74, 6) is -0.234. The molecule has 1 unspecified atom stereocenters. The van der Waals surface area contributed by atoms with E-state index >= 15 is 0 Å². The van der Waals surface area contributed by atoms with Crippen molar-refractivity contribution in [2.75, 3.05) is 7.05 Å². The van der Waals surface area contributed by atoms with Gasteiger partial charge >= 0.3 is 0 Å². The fourth-order valence-corrected chi connectivity index (χ4v) is 3.47. The molecule has 0 aliphatic carbocycles. The Morgan fingerprint density at radius 1 is 1.08 bits per heavy atom. The van der Waals surface area contributed by atoms with Gasteiger partial charge in [0.1, 0.15) is 5.82 Å². The van der Waals surface area contributed by atoms with Crippen molar-refractivity contribution < 1.29 is 4.39 Å². The Kier molecular flexibility index (Phi) is 3.46. The van der Waals surface area contributed by atoms with Crippen molar-refractivity contribution in [2.24, 2.45) is 0 Å². The second kappa shape index (κ2) is 5.64. The molecule has 0 amide bonds. The Labute approximate surface area is 140 Å². The van der Waals surface area contributed by atoms with E-state index in [0.717, 1.165) is 11.1 Å². The van der Waals surface area contributed by atoms with Crippen LogP contribution in [0.3, 0.4) is 0 Å². The fourth-order valence-electron chi connectivity index (χ4n) is 3.47. The predicted molar refractivity (Wildman–Crippen MR) is 99.1 cm³/mol. The van der Waals surface area contributed by atoms with Crippen LogP contribution >= 0.6 is 0 Å². The molecule has 0 saturated carbocycles. The van der Waals surface area contributed by atoms with Gasteiger partial charge in [0.05, 0.1) is 6.04 Å². The van der Waals surface area contributed by atoms with E-state index in [9.17, 15) is 4.39 Å². The van der Waals surface area contributed by atoms with Crippen LogP contribution in [0.1, 0.15) is 17.2 Å². The van der Waals surface area contributed by atoms with Crippen molar-refractivity contribution in [2.45, 2.75) is 6.04 Å². The largest absolute Gasteiger partial charge is 0.369 e. The van der Waals surface area contributed by atoms with E-state index in [4.69, 9.17) is 0 Å². The predicted octanol–water partition coefficient (Wildman–Crippen LogP) is 3.83. The zero-order chi connectivity index (χ0) is 16.7. The second-order valence-electron chi connectivity index (χ2n) is 6.17. The Bertz CT molecular complexity index is 1070. The van der Waals surface area contributed by atoms with Crippen LogP contribution in [-0.4, -0.2) is 11.9 Å². The highest BCUT2D eigenvalue weighted by Gasteiger charge is 2.18. The average Bonchev–Trinajstić information content (AvgIpc) is 2.61. The first-order chi connectivity index (χ1) is 11.7. The van der Waals surface area contributed by atoms with Gasteiger partial charge in [0.15, 0.2) is 0 Å². The highest BCUT2D eigenvalue weighted by Crippen LogP contribution is 2.27. The Morgan fingerprint density at radius 3 is 2.75 bits per heavy atom. The number of fused-ring (bicyclic) bond motifs is 3. The molecular weight excluding hydrogens is 297 g/mol. The maximum absolute atomic E-state index is 13.5. The van der Waals surface area contributed by atoms with Crippen LogP contribution in [0, 0.1) is 5.82 Å². The summed E-state index contributed by atoms with van der Waals surface area (Å²) in [6.45, 7) is 3.83. The minimum atomic E-state index is -0.234. The number of halogens is 1. The van der Waals surface area contributed by atoms with E-state index < -0.39 is 0 Å². The topological polar surface area (TPSA) is 3.24 Å². The van der Waals surface area contributed by atoms with Crippen molar-refractivity contribution in [3.05, 3.63) is 88.6 Å². The normalized spacial score (nSPS) is 16.2. The first kappa shape index (κ1) is 14.7. The molecule has 2 heteroatoms. The molecule has 3 aromatic carbocycles. The lowest BCUT2D eigenvalue weighted by atomic mass is 9.95. The summed E-state index contributed by atoms with van der Waals surface area (Å²) in [6, 6.07) is 17.7. The lowest BCUT2D eigenvalue weighted by Gasteiger charge is -2.29. The van der Waals surface area contributed by atoms with Crippen molar-refractivity contribution in [1.82, 2.24) is 4.90 Å². The third-order valence-electron chi connectivity index (χ3n) is 4.70. The standard InChI is InChI=1S/C22H18FN/c1-3-15-12-18(23)10-11-20(15)22-13-17-9-8-16-6-4-5-7-19(16)21(17)14-24(22)2/h3-14,22H,1H2,2H3. The van der Waals surface area contributed by atoms with E-state index in [-0.39, 0.29) is 11.9 Å². The van der Waals surface area contributed by atoms with Gasteiger partial charge in [0.2, 0.25) is 0 Å². The maximum atomic E-state index is 13.5. The molecule has 0 bridgehead atoms. The summed E-state index contributed by atoms with van der Waals surface area (Å²) in [5.41, 5.74) is 1.89. The Hall–Kier alpha value is -2.87. The highest BCUT2D eigenvalue weighted by molar-refractivity contribution is 5.84. The lowest BCUT2D eigenvalue weighted by Crippen LogP contribution is -2.36. The van der Waals surface area contributed by atoms with Crippen LogP contribution in [-0.2, 0) is 0 Å². The molecule has 1 aliphatic rings. The van der Waals surface area contributed by atoms with Crippen molar-refractivity contribution in [3.63, 3.8) is 0 Å². The SMILES string of the molecule is C=Cc1cc(F)ccc1C1C=c2ccc3ccccc3c2=CN1C. The number of benzene rings is 3. The van der Waals surface area contributed by atoms with Crippen LogP contribution < -0.4 is 10.4 Å². The fraction of sp³-hybridized carbons (Fsp3) is 0.0909. The van der Waals surface area contributed by atoms with Crippen LogP contribution in [0.4, 0.5) is 4.39 Å². The molecule has 0 spiro atoms. The smallest absolute Gasteiger partial charge is 0.123 e. The molecule has 1 heterocycles. The van der Waals surface area contributed by atoms with Gasteiger partial charge in [0, 0.05) is 18.5 Å².